The van der Waals surface area contributed by atoms with Gasteiger partial charge in [0.15, 0.2) is 0 Å². The van der Waals surface area contributed by atoms with E-state index >= 15 is 0 Å². The SMILES string of the molecule is Cc1sc2ncn(CCC(=O)N(C)C3CCC(c4ccccc4)CC3)c(=O)c2c1C. The van der Waals surface area contributed by atoms with Crippen LogP contribution < -0.4 is 5.56 Å². The van der Waals surface area contributed by atoms with Crippen molar-refractivity contribution in [3.8, 4) is 0 Å². The van der Waals surface area contributed by atoms with E-state index in [4.69, 9.17) is 0 Å². The number of nitrogens with zero attached hydrogens (tertiary/aromatic N) is 3. The van der Waals surface area contributed by atoms with Crippen LogP contribution in [0, 0.1) is 13.8 Å². The molecule has 4 rings (SSSR count). The Balaban J connectivity index is 1.35. The molecule has 1 aromatic carbocycles. The fourth-order valence-corrected chi connectivity index (χ4v) is 5.53. The lowest BCUT2D eigenvalue weighted by Gasteiger charge is -2.35. The minimum absolute atomic E-state index is 0.0410. The Bertz CT molecular complexity index is 1090. The third-order valence-corrected chi connectivity index (χ3v) is 7.75. The van der Waals surface area contributed by atoms with E-state index in [-0.39, 0.29) is 17.5 Å². The molecule has 0 radical (unpaired) electrons. The Morgan fingerprint density at radius 2 is 1.87 bits per heavy atom. The predicted molar refractivity (Wildman–Crippen MR) is 122 cm³/mol. The molecule has 30 heavy (non-hydrogen) atoms. The number of amides is 1. The molecule has 1 amide bonds. The van der Waals surface area contributed by atoms with Gasteiger partial charge in [0, 0.05) is 30.9 Å². The number of hydrogen-bond acceptors (Lipinski definition) is 4. The van der Waals surface area contributed by atoms with Gasteiger partial charge in [-0.25, -0.2) is 4.98 Å². The number of aromatic nitrogens is 2. The van der Waals surface area contributed by atoms with Crippen LogP contribution in [0.2, 0.25) is 0 Å². The lowest BCUT2D eigenvalue weighted by atomic mass is 9.81. The molecule has 1 fully saturated rings. The number of fused-ring (bicyclic) bond motifs is 1. The second-order valence-electron chi connectivity index (χ2n) is 8.38. The molecule has 1 aliphatic carbocycles. The summed E-state index contributed by atoms with van der Waals surface area (Å²) in [5.41, 5.74) is 2.37. The highest BCUT2D eigenvalue weighted by Gasteiger charge is 2.27. The third kappa shape index (κ3) is 4.06. The van der Waals surface area contributed by atoms with Crippen LogP contribution in [0.15, 0.2) is 41.5 Å². The molecule has 0 saturated heterocycles. The highest BCUT2D eigenvalue weighted by molar-refractivity contribution is 7.18. The highest BCUT2D eigenvalue weighted by atomic mass is 32.1. The van der Waals surface area contributed by atoms with E-state index < -0.39 is 0 Å². The van der Waals surface area contributed by atoms with Crippen LogP contribution in [0.3, 0.4) is 0 Å². The molecular formula is C24H29N3O2S. The van der Waals surface area contributed by atoms with Crippen molar-refractivity contribution in [2.24, 2.45) is 0 Å². The van der Waals surface area contributed by atoms with Crippen LogP contribution in [0.4, 0.5) is 0 Å². The Labute approximate surface area is 181 Å². The van der Waals surface area contributed by atoms with E-state index in [1.807, 2.05) is 25.8 Å². The number of thiophene rings is 1. The van der Waals surface area contributed by atoms with Crippen molar-refractivity contribution >= 4 is 27.5 Å². The Hall–Kier alpha value is -2.47. The molecule has 0 atom stereocenters. The monoisotopic (exact) mass is 423 g/mol. The summed E-state index contributed by atoms with van der Waals surface area (Å²) in [6.45, 7) is 4.35. The summed E-state index contributed by atoms with van der Waals surface area (Å²) in [4.78, 5) is 33.9. The lowest BCUT2D eigenvalue weighted by Crippen LogP contribution is -2.39. The maximum absolute atomic E-state index is 12.8. The van der Waals surface area contributed by atoms with Crippen molar-refractivity contribution in [3.63, 3.8) is 0 Å². The second-order valence-corrected chi connectivity index (χ2v) is 9.58. The molecule has 0 aliphatic heterocycles. The Morgan fingerprint density at radius 1 is 1.17 bits per heavy atom. The normalized spacial score (nSPS) is 19.2. The number of hydrogen-bond donors (Lipinski definition) is 0. The largest absolute Gasteiger partial charge is 0.343 e. The maximum atomic E-state index is 12.8. The van der Waals surface area contributed by atoms with Crippen molar-refractivity contribution < 1.29 is 4.79 Å². The fourth-order valence-electron chi connectivity index (χ4n) is 4.55. The summed E-state index contributed by atoms with van der Waals surface area (Å²) in [6.07, 6.45) is 6.19. The van der Waals surface area contributed by atoms with E-state index in [2.05, 4.69) is 35.3 Å². The van der Waals surface area contributed by atoms with Crippen LogP contribution in [0.5, 0.6) is 0 Å². The Morgan fingerprint density at radius 3 is 2.57 bits per heavy atom. The molecule has 5 nitrogen and oxygen atoms in total. The van der Waals surface area contributed by atoms with Crippen molar-refractivity contribution in [3.05, 3.63) is 63.0 Å². The number of carbonyl (C=O) groups excluding carboxylic acids is 1. The number of carbonyl (C=O) groups is 1. The molecule has 0 unspecified atom stereocenters. The summed E-state index contributed by atoms with van der Waals surface area (Å²) in [6, 6.07) is 11.0. The summed E-state index contributed by atoms with van der Waals surface area (Å²) in [5, 5.41) is 0.694. The van der Waals surface area contributed by atoms with Gasteiger partial charge in [0.2, 0.25) is 5.91 Å². The van der Waals surface area contributed by atoms with Gasteiger partial charge in [-0.2, -0.15) is 0 Å². The van der Waals surface area contributed by atoms with Gasteiger partial charge in [0.25, 0.3) is 5.56 Å². The molecule has 1 aliphatic rings. The summed E-state index contributed by atoms with van der Waals surface area (Å²) in [5.74, 6) is 0.697. The summed E-state index contributed by atoms with van der Waals surface area (Å²) in [7, 11) is 1.91. The van der Waals surface area contributed by atoms with Crippen LogP contribution in [0.1, 0.15) is 54.0 Å². The van der Waals surface area contributed by atoms with E-state index in [0.717, 1.165) is 41.0 Å². The molecule has 3 aromatic rings. The molecule has 6 heteroatoms. The Kier molecular flexibility index (Phi) is 6.04. The van der Waals surface area contributed by atoms with Crippen LogP contribution in [-0.2, 0) is 11.3 Å². The molecule has 0 N–H and O–H groups in total. The molecule has 0 bridgehead atoms. The summed E-state index contributed by atoms with van der Waals surface area (Å²) < 4.78 is 1.58. The molecule has 2 aromatic heterocycles. The second kappa shape index (κ2) is 8.72. The highest BCUT2D eigenvalue weighted by Crippen LogP contribution is 2.34. The summed E-state index contributed by atoms with van der Waals surface area (Å²) >= 11 is 1.55. The van der Waals surface area contributed by atoms with E-state index in [1.54, 1.807) is 22.2 Å². The quantitative estimate of drug-likeness (QED) is 0.600. The first-order chi connectivity index (χ1) is 14.5. The van der Waals surface area contributed by atoms with Crippen molar-refractivity contribution in [2.45, 2.75) is 64.5 Å². The smallest absolute Gasteiger partial charge is 0.262 e. The first-order valence-electron chi connectivity index (χ1n) is 10.7. The standard InChI is InChI=1S/C24H29N3O2S/c1-16-17(2)30-23-22(16)24(29)27(15-25-23)14-13-21(28)26(3)20-11-9-19(10-12-20)18-7-5-4-6-8-18/h4-8,15,19-20H,9-14H2,1-3H3. The zero-order chi connectivity index (χ0) is 21.3. The number of rotatable bonds is 5. The minimum atomic E-state index is -0.0410. The molecule has 2 heterocycles. The van der Waals surface area contributed by atoms with Gasteiger partial charge in [-0.05, 0) is 56.6 Å². The van der Waals surface area contributed by atoms with Gasteiger partial charge in [-0.15, -0.1) is 11.3 Å². The van der Waals surface area contributed by atoms with Crippen molar-refractivity contribution in [1.82, 2.24) is 14.5 Å². The zero-order valence-electron chi connectivity index (χ0n) is 17.9. The topological polar surface area (TPSA) is 55.2 Å². The molecular weight excluding hydrogens is 394 g/mol. The third-order valence-electron chi connectivity index (χ3n) is 6.63. The zero-order valence-corrected chi connectivity index (χ0v) is 18.7. The first kappa shape index (κ1) is 20.8. The van der Waals surface area contributed by atoms with Gasteiger partial charge in [-0.1, -0.05) is 30.3 Å². The van der Waals surface area contributed by atoms with Crippen LogP contribution >= 0.6 is 11.3 Å². The van der Waals surface area contributed by atoms with Gasteiger partial charge in [-0.3, -0.25) is 14.2 Å². The van der Waals surface area contributed by atoms with Gasteiger partial charge in [0.05, 0.1) is 11.7 Å². The van der Waals surface area contributed by atoms with Crippen LogP contribution in [-0.4, -0.2) is 33.4 Å². The van der Waals surface area contributed by atoms with Gasteiger partial charge >= 0.3 is 0 Å². The first-order valence-corrected chi connectivity index (χ1v) is 11.5. The predicted octanol–water partition coefficient (Wildman–Crippen LogP) is 4.65. The molecule has 1 saturated carbocycles. The number of aryl methyl sites for hydroxylation is 3. The molecule has 0 spiro atoms. The van der Waals surface area contributed by atoms with Gasteiger partial charge in [0.1, 0.15) is 4.83 Å². The molecule has 158 valence electrons. The van der Waals surface area contributed by atoms with Gasteiger partial charge < -0.3 is 4.90 Å². The van der Waals surface area contributed by atoms with Crippen LogP contribution in [0.25, 0.3) is 10.2 Å². The number of benzene rings is 1. The lowest BCUT2D eigenvalue weighted by molar-refractivity contribution is -0.132. The van der Waals surface area contributed by atoms with E-state index in [1.165, 1.54) is 5.56 Å². The fraction of sp³-hybridized carbons (Fsp3) is 0.458. The van der Waals surface area contributed by atoms with E-state index in [9.17, 15) is 9.59 Å². The average Bonchev–Trinajstić information content (AvgIpc) is 3.07. The average molecular weight is 424 g/mol. The van der Waals surface area contributed by atoms with Crippen molar-refractivity contribution in [2.75, 3.05) is 7.05 Å². The van der Waals surface area contributed by atoms with Crippen molar-refractivity contribution in [1.29, 1.82) is 0 Å². The van der Waals surface area contributed by atoms with E-state index in [0.29, 0.717) is 24.3 Å². The minimum Gasteiger partial charge on any atom is -0.343 e. The maximum Gasteiger partial charge on any atom is 0.262 e.